The molecular weight excluding hydrogens is 1190 g/mol. The van der Waals surface area contributed by atoms with Crippen LogP contribution in [0.1, 0.15) is 63.8 Å². The maximum Gasteiger partial charge on any atom is 0.338 e. The van der Waals surface area contributed by atoms with Crippen LogP contribution < -0.4 is 0 Å². The molecular formula is C66H84O25. The van der Waals surface area contributed by atoms with Gasteiger partial charge in [-0.15, -0.1) is 0 Å². The first kappa shape index (κ1) is 70.5. The van der Waals surface area contributed by atoms with Gasteiger partial charge in [-0.2, -0.15) is 0 Å². The third kappa shape index (κ3) is 19.4. The first-order valence-electron chi connectivity index (χ1n) is 30.1. The van der Waals surface area contributed by atoms with E-state index in [4.69, 9.17) is 95.0 Å². The second kappa shape index (κ2) is 35.1. The van der Waals surface area contributed by atoms with E-state index in [1.807, 2.05) is 97.9 Å². The molecule has 498 valence electrons. The van der Waals surface area contributed by atoms with Crippen molar-refractivity contribution >= 4 is 29.8 Å². The molecule has 4 fully saturated rings. The first-order chi connectivity index (χ1) is 44.0. The number of benzene rings is 4. The summed E-state index contributed by atoms with van der Waals surface area (Å²) in [5.41, 5.74) is 2.98. The zero-order valence-electron chi connectivity index (χ0n) is 52.7. The van der Waals surface area contributed by atoms with Gasteiger partial charge in [0, 0.05) is 62.1 Å². The van der Waals surface area contributed by atoms with Crippen molar-refractivity contribution < 1.29 is 119 Å². The minimum absolute atomic E-state index is 0.0719. The summed E-state index contributed by atoms with van der Waals surface area (Å²) in [7, 11) is 5.65. The lowest BCUT2D eigenvalue weighted by Gasteiger charge is -2.51. The predicted octanol–water partition coefficient (Wildman–Crippen LogP) is 5.85. The number of ether oxygens (including phenoxy) is 18. The lowest BCUT2D eigenvalue weighted by molar-refractivity contribution is -0.391. The van der Waals surface area contributed by atoms with Crippen LogP contribution in [0.3, 0.4) is 0 Å². The molecule has 91 heavy (non-hydrogen) atoms. The average molecular weight is 1280 g/mol. The molecule has 8 rings (SSSR count). The van der Waals surface area contributed by atoms with E-state index in [9.17, 15) is 19.2 Å². The van der Waals surface area contributed by atoms with Gasteiger partial charge in [0.05, 0.1) is 31.5 Å². The number of hydrogen-bond donors (Lipinski definition) is 0. The summed E-state index contributed by atoms with van der Waals surface area (Å²) >= 11 is 0. The van der Waals surface area contributed by atoms with E-state index in [0.29, 0.717) is 11.1 Å². The van der Waals surface area contributed by atoms with Crippen molar-refractivity contribution in [1.82, 2.24) is 0 Å². The highest BCUT2D eigenvalue weighted by molar-refractivity contribution is 5.76. The van der Waals surface area contributed by atoms with E-state index in [2.05, 4.69) is 0 Å². The van der Waals surface area contributed by atoms with Crippen molar-refractivity contribution in [2.24, 2.45) is 5.92 Å². The highest BCUT2D eigenvalue weighted by atomic mass is 17.2. The lowest BCUT2D eigenvalue weighted by Crippen LogP contribution is -2.69. The minimum atomic E-state index is -1.81. The Kier molecular flexibility index (Phi) is 27.2. The van der Waals surface area contributed by atoms with Crippen molar-refractivity contribution in [3.05, 3.63) is 144 Å². The normalized spacial score (nSPS) is 31.6. The number of carbonyl (C=O) groups is 5. The second-order valence-electron chi connectivity index (χ2n) is 22.3. The van der Waals surface area contributed by atoms with E-state index in [1.54, 1.807) is 37.3 Å². The van der Waals surface area contributed by atoms with Gasteiger partial charge >= 0.3 is 29.8 Å². The molecule has 0 saturated carbocycles. The van der Waals surface area contributed by atoms with Gasteiger partial charge in [-0.25, -0.2) is 14.6 Å². The molecule has 0 radical (unpaired) electrons. The molecule has 0 spiro atoms. The third-order valence-corrected chi connectivity index (χ3v) is 15.8. The maximum absolute atomic E-state index is 15.1. The summed E-state index contributed by atoms with van der Waals surface area (Å²) in [4.78, 5) is 78.4. The number of methoxy groups -OCH3 is 4. The van der Waals surface area contributed by atoms with Crippen molar-refractivity contribution in [2.75, 3.05) is 48.3 Å². The van der Waals surface area contributed by atoms with Crippen LogP contribution in [0.25, 0.3) is 0 Å². The van der Waals surface area contributed by atoms with Gasteiger partial charge in [0.1, 0.15) is 94.1 Å². The summed E-state index contributed by atoms with van der Waals surface area (Å²) in [5, 5.41) is 0. The zero-order chi connectivity index (χ0) is 65.0. The van der Waals surface area contributed by atoms with Crippen LogP contribution in [0.15, 0.2) is 121 Å². The number of hydrogen-bond acceptors (Lipinski definition) is 25. The molecule has 4 saturated heterocycles. The monoisotopic (exact) mass is 1280 g/mol. The minimum Gasteiger partial charge on any atom is -0.463 e. The lowest BCUT2D eigenvalue weighted by atomic mass is 9.90. The van der Waals surface area contributed by atoms with Crippen LogP contribution in [0.5, 0.6) is 0 Å². The maximum atomic E-state index is 15.1. The zero-order valence-corrected chi connectivity index (χ0v) is 52.7. The summed E-state index contributed by atoms with van der Waals surface area (Å²) < 4.78 is 115. The average Bonchev–Trinajstić information content (AvgIpc) is 0.941. The molecule has 0 aliphatic carbocycles. The number of rotatable bonds is 30. The van der Waals surface area contributed by atoms with Gasteiger partial charge in [-0.3, -0.25) is 19.2 Å². The number of esters is 5. The van der Waals surface area contributed by atoms with Crippen LogP contribution in [-0.4, -0.2) is 195 Å². The summed E-state index contributed by atoms with van der Waals surface area (Å²) in [6.45, 7) is 7.31. The summed E-state index contributed by atoms with van der Waals surface area (Å²) in [5.74, 6) is -4.19. The van der Waals surface area contributed by atoms with E-state index in [1.165, 1.54) is 56.1 Å². The van der Waals surface area contributed by atoms with Gasteiger partial charge in [0.15, 0.2) is 37.2 Å². The Morgan fingerprint density at radius 3 is 1.25 bits per heavy atom. The fourth-order valence-electron chi connectivity index (χ4n) is 11.5. The SMILES string of the molecule is COC1C(OC)[C@H](C)[C@H](COOCc2ccccc2)O[C@@H]1O[C@@H]1C(COC(C)=O)O[C@@H](O[C@H]2C(C(=O)OCc3ccccc3)O[C@@H](O[C@@H]3C(COC(C)=O)OC(C)C(OCc4ccccc4)C3OC(C)=O)[C@@H](OC)C2OC)C(OCc2ccccc2)[C@H]1OC(C)=O. The van der Waals surface area contributed by atoms with Crippen molar-refractivity contribution in [1.29, 1.82) is 0 Å². The highest BCUT2D eigenvalue weighted by Crippen LogP contribution is 2.40. The molecule has 4 aromatic carbocycles. The first-order valence-corrected chi connectivity index (χ1v) is 30.1. The molecule has 25 nitrogen and oxygen atoms in total. The smallest absolute Gasteiger partial charge is 0.338 e. The summed E-state index contributed by atoms with van der Waals surface area (Å²) in [6.07, 6.45) is -24.5. The van der Waals surface area contributed by atoms with Crippen LogP contribution in [0.2, 0.25) is 0 Å². The molecule has 4 aliphatic rings. The topological polar surface area (TPSA) is 270 Å². The van der Waals surface area contributed by atoms with Crippen LogP contribution in [0, 0.1) is 5.92 Å². The molecule has 25 heteroatoms. The van der Waals surface area contributed by atoms with Crippen LogP contribution >= 0.6 is 0 Å². The Labute approximate surface area is 529 Å². The molecule has 10 unspecified atom stereocenters. The Morgan fingerprint density at radius 2 is 0.769 bits per heavy atom. The highest BCUT2D eigenvalue weighted by Gasteiger charge is 2.60. The van der Waals surface area contributed by atoms with Gasteiger partial charge in [-0.05, 0) is 29.2 Å². The van der Waals surface area contributed by atoms with Gasteiger partial charge in [0.25, 0.3) is 0 Å². The Morgan fingerprint density at radius 1 is 0.363 bits per heavy atom. The Bertz CT molecular complexity index is 2860. The number of carbonyl (C=O) groups excluding carboxylic acids is 5. The second-order valence-corrected chi connectivity index (χ2v) is 22.3. The molecule has 0 N–H and O–H groups in total. The van der Waals surface area contributed by atoms with Gasteiger partial charge < -0.3 is 85.3 Å². The van der Waals surface area contributed by atoms with Crippen LogP contribution in [0.4, 0.5) is 0 Å². The molecule has 4 aromatic rings. The molecule has 4 heterocycles. The molecule has 0 aromatic heterocycles. The largest absolute Gasteiger partial charge is 0.463 e. The van der Waals surface area contributed by atoms with Crippen molar-refractivity contribution in [3.63, 3.8) is 0 Å². The van der Waals surface area contributed by atoms with Gasteiger partial charge in [0.2, 0.25) is 0 Å². The fraction of sp³-hybridized carbons (Fsp3) is 0.561. The van der Waals surface area contributed by atoms with E-state index in [0.717, 1.165) is 11.1 Å². The Hall–Kier alpha value is -6.37. The van der Waals surface area contributed by atoms with E-state index >= 15 is 4.79 Å². The molecule has 0 bridgehead atoms. The van der Waals surface area contributed by atoms with Crippen molar-refractivity contribution in [3.8, 4) is 0 Å². The van der Waals surface area contributed by atoms with Crippen molar-refractivity contribution in [2.45, 2.75) is 185 Å². The van der Waals surface area contributed by atoms with Gasteiger partial charge in [-0.1, -0.05) is 128 Å². The quantitative estimate of drug-likeness (QED) is 0.0195. The summed E-state index contributed by atoms with van der Waals surface area (Å²) in [6, 6.07) is 36.7. The third-order valence-electron chi connectivity index (χ3n) is 15.8. The Balaban J connectivity index is 1.17. The van der Waals surface area contributed by atoms with E-state index in [-0.39, 0.29) is 45.6 Å². The predicted molar refractivity (Wildman–Crippen MR) is 315 cm³/mol. The molecule has 4 aliphatic heterocycles. The molecule has 20 atom stereocenters. The molecule has 0 amide bonds. The fourth-order valence-corrected chi connectivity index (χ4v) is 11.5. The standard InChI is InChI=1S/C66H84O25/c1-38-48(37-82-81-34-47-29-21-14-22-30-47)86-64(60(74-9)51(38)72-7)88-54-50(36-77-41(4)68)87-66(62(57(54)85-43(6)70)79-32-45-25-17-12-18-26-45)90-58-55(73-8)61(75-10)65(91-59(58)63(71)80-33-46-27-19-13-20-28-46)89-53-49(35-76-40(3)67)83-39(2)52(56(53)84-42(5)69)78-31-44-23-15-11-16-24-44/h11-30,38-39,48-62,64-66H,31-37H2,1-10H3/t38-,39?,48+,49?,50?,51?,52?,53-,54-,55?,56?,57+,58-,59?,60?,61+,62?,64-,65-,66+/m1/s1. The van der Waals surface area contributed by atoms with Crippen LogP contribution in [-0.2, 0) is 145 Å². The van der Waals surface area contributed by atoms with E-state index < -0.39 is 153 Å².